The van der Waals surface area contributed by atoms with Gasteiger partial charge in [-0.2, -0.15) is 0 Å². The van der Waals surface area contributed by atoms with Crippen molar-refractivity contribution in [3.63, 3.8) is 0 Å². The first-order valence-corrected chi connectivity index (χ1v) is 12.4. The predicted octanol–water partition coefficient (Wildman–Crippen LogP) is 5.04. The molecule has 154 valence electrons. The second kappa shape index (κ2) is 8.48. The van der Waals surface area contributed by atoms with E-state index < -0.39 is 10.0 Å². The molecule has 1 aliphatic carbocycles. The van der Waals surface area contributed by atoms with E-state index in [2.05, 4.69) is 20.7 Å². The average Bonchev–Trinajstić information content (AvgIpc) is 2.73. The van der Waals surface area contributed by atoms with Crippen molar-refractivity contribution in [3.8, 4) is 0 Å². The molecule has 2 aromatic carbocycles. The Labute approximate surface area is 180 Å². The van der Waals surface area contributed by atoms with E-state index >= 15 is 0 Å². The number of carbonyl (C=O) groups is 1. The number of likely N-dealkylation sites (tertiary alicyclic amines) is 1. The maximum atomic E-state index is 13.2. The smallest absolute Gasteiger partial charge is 0.261 e. The number of sulfonamides is 1. The Morgan fingerprint density at radius 1 is 1.00 bits per heavy atom. The second-order valence-electron chi connectivity index (χ2n) is 7.89. The van der Waals surface area contributed by atoms with Crippen LogP contribution in [0.3, 0.4) is 0 Å². The Balaban J connectivity index is 1.54. The first-order chi connectivity index (χ1) is 13.9. The highest BCUT2D eigenvalue weighted by Gasteiger charge is 2.36. The summed E-state index contributed by atoms with van der Waals surface area (Å²) in [6.07, 6.45) is 6.98. The molecule has 2 aliphatic rings. The van der Waals surface area contributed by atoms with Gasteiger partial charge in [0.1, 0.15) is 0 Å². The van der Waals surface area contributed by atoms with E-state index in [1.54, 1.807) is 48.5 Å². The summed E-state index contributed by atoms with van der Waals surface area (Å²) in [6, 6.07) is 13.6. The summed E-state index contributed by atoms with van der Waals surface area (Å²) >= 11 is 3.31. The summed E-state index contributed by atoms with van der Waals surface area (Å²) in [5, 5.41) is 0. The molecule has 1 saturated heterocycles. The average molecular weight is 477 g/mol. The third-order valence-electron chi connectivity index (χ3n) is 5.99. The van der Waals surface area contributed by atoms with E-state index in [9.17, 15) is 13.2 Å². The van der Waals surface area contributed by atoms with Gasteiger partial charge in [-0.25, -0.2) is 8.42 Å². The fourth-order valence-electron chi connectivity index (χ4n) is 4.59. The van der Waals surface area contributed by atoms with Crippen molar-refractivity contribution in [3.05, 3.63) is 58.6 Å². The fourth-order valence-corrected chi connectivity index (χ4v) is 5.90. The van der Waals surface area contributed by atoms with Crippen molar-refractivity contribution in [2.24, 2.45) is 5.92 Å². The van der Waals surface area contributed by atoms with E-state index in [1.165, 1.54) is 25.7 Å². The van der Waals surface area contributed by atoms with Crippen LogP contribution in [0.15, 0.2) is 57.9 Å². The molecule has 7 heteroatoms. The molecule has 29 heavy (non-hydrogen) atoms. The number of halogens is 1. The lowest BCUT2D eigenvalue weighted by atomic mass is 9.78. The van der Waals surface area contributed by atoms with Crippen LogP contribution in [-0.2, 0) is 10.0 Å². The number of nitrogens with one attached hydrogen (secondary N) is 1. The molecule has 1 saturated carbocycles. The first kappa shape index (κ1) is 20.4. The summed E-state index contributed by atoms with van der Waals surface area (Å²) < 4.78 is 28.7. The van der Waals surface area contributed by atoms with Crippen LogP contribution in [-0.4, -0.2) is 31.8 Å². The first-order valence-electron chi connectivity index (χ1n) is 10.1. The predicted molar refractivity (Wildman–Crippen MR) is 117 cm³/mol. The Morgan fingerprint density at radius 2 is 1.72 bits per heavy atom. The van der Waals surface area contributed by atoms with Gasteiger partial charge < -0.3 is 4.90 Å². The molecule has 0 aromatic heterocycles. The van der Waals surface area contributed by atoms with Crippen LogP contribution in [0.5, 0.6) is 0 Å². The van der Waals surface area contributed by atoms with Gasteiger partial charge in [-0.3, -0.25) is 9.52 Å². The van der Waals surface area contributed by atoms with Crippen molar-refractivity contribution < 1.29 is 13.2 Å². The van der Waals surface area contributed by atoms with Gasteiger partial charge in [-0.15, -0.1) is 0 Å². The number of piperidine rings is 1. The van der Waals surface area contributed by atoms with Crippen LogP contribution in [0.25, 0.3) is 0 Å². The number of rotatable bonds is 4. The minimum atomic E-state index is -3.71. The zero-order valence-electron chi connectivity index (χ0n) is 16.2. The number of carbonyl (C=O) groups excluding carboxylic acids is 1. The molecule has 0 radical (unpaired) electrons. The molecular formula is C22H25BrN2O3S. The third kappa shape index (κ3) is 4.51. The van der Waals surface area contributed by atoms with Gasteiger partial charge in [-0.05, 0) is 74.1 Å². The van der Waals surface area contributed by atoms with E-state index in [0.717, 1.165) is 23.9 Å². The molecule has 2 unspecified atom stereocenters. The highest BCUT2D eigenvalue weighted by molar-refractivity contribution is 9.10. The monoisotopic (exact) mass is 476 g/mol. The van der Waals surface area contributed by atoms with Gasteiger partial charge in [0.15, 0.2) is 0 Å². The summed E-state index contributed by atoms with van der Waals surface area (Å²) in [4.78, 5) is 15.4. The number of anilines is 1. The maximum absolute atomic E-state index is 13.2. The van der Waals surface area contributed by atoms with Crippen molar-refractivity contribution in [1.29, 1.82) is 0 Å². The maximum Gasteiger partial charge on any atom is 0.261 e. The number of benzene rings is 2. The van der Waals surface area contributed by atoms with Gasteiger partial charge in [0.2, 0.25) is 0 Å². The lowest BCUT2D eigenvalue weighted by Crippen LogP contribution is -2.49. The lowest BCUT2D eigenvalue weighted by molar-refractivity contribution is 0.0390. The third-order valence-corrected chi connectivity index (χ3v) is 7.92. The second-order valence-corrected chi connectivity index (χ2v) is 10.5. The zero-order chi connectivity index (χ0) is 20.4. The Bertz CT molecular complexity index is 989. The van der Waals surface area contributed by atoms with Gasteiger partial charge in [0.25, 0.3) is 15.9 Å². The molecule has 1 amide bonds. The number of fused-ring (bicyclic) bond motifs is 1. The zero-order valence-corrected chi connectivity index (χ0v) is 18.6. The molecule has 0 spiro atoms. The van der Waals surface area contributed by atoms with Gasteiger partial charge >= 0.3 is 0 Å². The van der Waals surface area contributed by atoms with E-state index in [0.29, 0.717) is 23.2 Å². The SMILES string of the molecule is O=C(c1cccc(NS(=O)(=O)c2ccc(Br)cc2)c1)N1CCCC2CCCCC21. The van der Waals surface area contributed by atoms with Crippen molar-refractivity contribution in [1.82, 2.24) is 4.90 Å². The normalized spacial score (nSPS) is 22.0. The number of amides is 1. The summed E-state index contributed by atoms with van der Waals surface area (Å²) in [5.41, 5.74) is 0.934. The lowest BCUT2D eigenvalue weighted by Gasteiger charge is -2.44. The molecule has 2 atom stereocenters. The Hall–Kier alpha value is -1.86. The Morgan fingerprint density at radius 3 is 2.52 bits per heavy atom. The Kier molecular flexibility index (Phi) is 5.97. The summed E-state index contributed by atoms with van der Waals surface area (Å²) in [7, 11) is -3.71. The molecule has 0 bridgehead atoms. The molecule has 1 N–H and O–H groups in total. The molecule has 1 aliphatic heterocycles. The van der Waals surface area contributed by atoms with Crippen LogP contribution in [0.1, 0.15) is 48.9 Å². The molecule has 2 fully saturated rings. The van der Waals surface area contributed by atoms with E-state index in [1.807, 2.05) is 4.90 Å². The molecule has 5 nitrogen and oxygen atoms in total. The number of nitrogens with zero attached hydrogens (tertiary/aromatic N) is 1. The molecular weight excluding hydrogens is 452 g/mol. The van der Waals surface area contributed by atoms with Crippen molar-refractivity contribution in [2.45, 2.75) is 49.5 Å². The highest BCUT2D eigenvalue weighted by Crippen LogP contribution is 2.36. The number of hydrogen-bond donors (Lipinski definition) is 1. The van der Waals surface area contributed by atoms with Crippen LogP contribution >= 0.6 is 15.9 Å². The van der Waals surface area contributed by atoms with Crippen molar-refractivity contribution in [2.75, 3.05) is 11.3 Å². The fraction of sp³-hybridized carbons (Fsp3) is 0.409. The van der Waals surface area contributed by atoms with Crippen LogP contribution in [0.2, 0.25) is 0 Å². The standard InChI is InChI=1S/C22H25BrN2O3S/c23-18-10-12-20(13-11-18)29(27,28)24-19-8-3-6-17(15-19)22(26)25-14-4-7-16-5-1-2-9-21(16)25/h3,6,8,10-13,15-16,21,24H,1-2,4-5,7,9,14H2. The van der Waals surface area contributed by atoms with Crippen LogP contribution in [0, 0.1) is 5.92 Å². The quantitative estimate of drug-likeness (QED) is 0.671. The van der Waals surface area contributed by atoms with Crippen molar-refractivity contribution >= 4 is 37.5 Å². The summed E-state index contributed by atoms with van der Waals surface area (Å²) in [6.45, 7) is 0.787. The summed E-state index contributed by atoms with van der Waals surface area (Å²) in [5.74, 6) is 0.617. The highest BCUT2D eigenvalue weighted by atomic mass is 79.9. The largest absolute Gasteiger partial charge is 0.335 e. The molecule has 1 heterocycles. The number of hydrogen-bond acceptors (Lipinski definition) is 3. The van der Waals surface area contributed by atoms with Gasteiger partial charge in [-0.1, -0.05) is 34.8 Å². The molecule has 2 aromatic rings. The van der Waals surface area contributed by atoms with Gasteiger partial charge in [0.05, 0.1) is 4.90 Å². The van der Waals surface area contributed by atoms with E-state index in [-0.39, 0.29) is 10.8 Å². The van der Waals surface area contributed by atoms with Crippen LogP contribution < -0.4 is 4.72 Å². The van der Waals surface area contributed by atoms with E-state index in [4.69, 9.17) is 0 Å². The van der Waals surface area contributed by atoms with Crippen LogP contribution in [0.4, 0.5) is 5.69 Å². The van der Waals surface area contributed by atoms with Gasteiger partial charge in [0, 0.05) is 28.3 Å². The molecule has 4 rings (SSSR count). The minimum absolute atomic E-state index is 0.00582. The topological polar surface area (TPSA) is 66.5 Å². The minimum Gasteiger partial charge on any atom is -0.335 e.